The van der Waals surface area contributed by atoms with E-state index in [-0.39, 0.29) is 29.4 Å². The van der Waals surface area contributed by atoms with Crippen LogP contribution in [0.1, 0.15) is 73.5 Å². The number of nitrogens with zero attached hydrogens (tertiary/aromatic N) is 3. The van der Waals surface area contributed by atoms with Gasteiger partial charge in [-0.05, 0) is 68.1 Å². The Bertz CT molecular complexity index is 1170. The number of hydrogen-bond donors (Lipinski definition) is 4. The SMILES string of the molecule is Oc1c2c(c(O)n1C[C@@H]1CCCC[C@H]1CN1CCC(N3CCc4ccc(F)cc43)CC1)C1CC2C(O)C1O. The molecule has 7 nitrogen and oxygen atoms in total. The molecule has 3 aliphatic carbocycles. The van der Waals surface area contributed by atoms with Gasteiger partial charge in [0.2, 0.25) is 0 Å². The van der Waals surface area contributed by atoms with E-state index in [1.807, 2.05) is 6.07 Å². The van der Waals surface area contributed by atoms with Crippen molar-refractivity contribution in [1.29, 1.82) is 0 Å². The first-order chi connectivity index (χ1) is 18.4. The average molecular weight is 526 g/mol. The van der Waals surface area contributed by atoms with Crippen LogP contribution in [0.2, 0.25) is 0 Å². The van der Waals surface area contributed by atoms with Gasteiger partial charge in [0.15, 0.2) is 11.8 Å². The van der Waals surface area contributed by atoms with Crippen LogP contribution in [0.25, 0.3) is 0 Å². The zero-order valence-corrected chi connectivity index (χ0v) is 22.0. The van der Waals surface area contributed by atoms with Gasteiger partial charge < -0.3 is 30.2 Å². The van der Waals surface area contributed by atoms with E-state index in [4.69, 9.17) is 0 Å². The van der Waals surface area contributed by atoms with Crippen molar-refractivity contribution in [1.82, 2.24) is 9.47 Å². The summed E-state index contributed by atoms with van der Waals surface area (Å²) in [6, 6.07) is 5.68. The van der Waals surface area contributed by atoms with Crippen molar-refractivity contribution < 1.29 is 24.8 Å². The minimum atomic E-state index is -0.868. The van der Waals surface area contributed by atoms with E-state index in [1.54, 1.807) is 16.7 Å². The third kappa shape index (κ3) is 3.86. The molecule has 1 aromatic heterocycles. The standard InChI is InChI=1S/C30H40FN3O4/c31-20-6-5-17-7-12-33(24(17)13-20)21-8-10-32(11-9-21)15-18-3-1-2-4-19(18)16-34-29(37)25-22-14-23(26(25)30(34)38)28(36)27(22)35/h5-6,13,18-19,21-23,27-28,35-38H,1-4,7-12,14-16H2/t18-,19-,22?,23?,27?,28?/m0/s1. The quantitative estimate of drug-likeness (QED) is 0.476. The predicted octanol–water partition coefficient (Wildman–Crippen LogP) is 3.68. The van der Waals surface area contributed by atoms with Crippen LogP contribution in [0.15, 0.2) is 18.2 Å². The monoisotopic (exact) mass is 525 g/mol. The molecule has 7 rings (SSSR count). The molecule has 38 heavy (non-hydrogen) atoms. The fourth-order valence-corrected chi connectivity index (χ4v) is 8.64. The van der Waals surface area contributed by atoms with Gasteiger partial charge in [0.1, 0.15) is 5.82 Å². The molecule has 3 heterocycles. The van der Waals surface area contributed by atoms with E-state index in [0.717, 1.165) is 64.0 Å². The highest BCUT2D eigenvalue weighted by atomic mass is 19.1. The maximum Gasteiger partial charge on any atom is 0.197 e. The second kappa shape index (κ2) is 9.42. The molecule has 206 valence electrons. The van der Waals surface area contributed by atoms with Crippen molar-refractivity contribution >= 4 is 5.69 Å². The van der Waals surface area contributed by atoms with Crippen LogP contribution in [0, 0.1) is 17.7 Å². The summed E-state index contributed by atoms with van der Waals surface area (Å²) in [5, 5.41) is 42.9. The van der Waals surface area contributed by atoms with Crippen molar-refractivity contribution in [2.75, 3.05) is 31.1 Å². The maximum atomic E-state index is 13.9. The highest BCUT2D eigenvalue weighted by molar-refractivity contribution is 5.59. The summed E-state index contributed by atoms with van der Waals surface area (Å²) in [6.07, 6.45) is 6.66. The second-order valence-corrected chi connectivity index (χ2v) is 12.6. The van der Waals surface area contributed by atoms with Gasteiger partial charge in [0.05, 0.1) is 12.2 Å². The fraction of sp³-hybridized carbons (Fsp3) is 0.667. The number of benzene rings is 1. The Hall–Kier alpha value is -2.29. The summed E-state index contributed by atoms with van der Waals surface area (Å²) < 4.78 is 15.6. The summed E-state index contributed by atoms with van der Waals surface area (Å²) in [7, 11) is 0. The molecule has 1 saturated heterocycles. The van der Waals surface area contributed by atoms with E-state index in [2.05, 4.69) is 9.80 Å². The fourth-order valence-electron chi connectivity index (χ4n) is 8.64. The third-order valence-corrected chi connectivity index (χ3v) is 10.7. The minimum Gasteiger partial charge on any atom is -0.494 e. The van der Waals surface area contributed by atoms with Crippen molar-refractivity contribution in [2.45, 2.75) is 88.0 Å². The average Bonchev–Trinajstić information content (AvgIpc) is 3.65. The molecular weight excluding hydrogens is 485 g/mol. The number of hydrogen-bond acceptors (Lipinski definition) is 6. The normalized spacial score (nSPS) is 33.2. The molecule has 0 spiro atoms. The lowest BCUT2D eigenvalue weighted by atomic mass is 9.78. The first kappa shape index (κ1) is 24.7. The molecule has 2 aromatic rings. The third-order valence-electron chi connectivity index (χ3n) is 10.7. The molecule has 3 fully saturated rings. The van der Waals surface area contributed by atoms with E-state index in [1.165, 1.54) is 18.4 Å². The van der Waals surface area contributed by atoms with Crippen LogP contribution in [0.3, 0.4) is 0 Å². The summed E-state index contributed by atoms with van der Waals surface area (Å²) in [4.78, 5) is 5.02. The molecule has 2 bridgehead atoms. The molecule has 2 saturated carbocycles. The van der Waals surface area contributed by atoms with Gasteiger partial charge in [-0.2, -0.15) is 0 Å². The number of aliphatic hydroxyl groups is 2. The summed E-state index contributed by atoms with van der Waals surface area (Å²) >= 11 is 0. The van der Waals surface area contributed by atoms with Crippen LogP contribution < -0.4 is 4.90 Å². The topological polar surface area (TPSA) is 92.3 Å². The first-order valence-corrected chi connectivity index (χ1v) is 14.7. The maximum absolute atomic E-state index is 13.9. The number of piperidine rings is 1. The minimum absolute atomic E-state index is 0.0865. The zero-order chi connectivity index (χ0) is 26.1. The van der Waals surface area contributed by atoms with Crippen molar-refractivity contribution in [3.63, 3.8) is 0 Å². The molecule has 8 heteroatoms. The molecule has 5 aliphatic rings. The number of fused-ring (bicyclic) bond motifs is 6. The molecule has 0 amide bonds. The van der Waals surface area contributed by atoms with Crippen molar-refractivity contribution in [3.05, 3.63) is 40.7 Å². The molecule has 1 aromatic carbocycles. The number of aliphatic hydroxyl groups excluding tert-OH is 2. The number of aromatic nitrogens is 1. The van der Waals surface area contributed by atoms with Gasteiger partial charge >= 0.3 is 0 Å². The molecule has 2 aliphatic heterocycles. The van der Waals surface area contributed by atoms with Crippen LogP contribution in [-0.4, -0.2) is 74.3 Å². The summed E-state index contributed by atoms with van der Waals surface area (Å²) in [5.41, 5.74) is 3.66. The van der Waals surface area contributed by atoms with Gasteiger partial charge in [-0.25, -0.2) is 4.39 Å². The van der Waals surface area contributed by atoms with Gasteiger partial charge in [0, 0.05) is 67.4 Å². The number of likely N-dealkylation sites (tertiary alicyclic amines) is 1. The molecule has 4 unspecified atom stereocenters. The van der Waals surface area contributed by atoms with Gasteiger partial charge in [0.25, 0.3) is 0 Å². The van der Waals surface area contributed by atoms with Crippen LogP contribution >= 0.6 is 0 Å². The number of halogens is 1. The Kier molecular flexibility index (Phi) is 6.13. The van der Waals surface area contributed by atoms with Crippen molar-refractivity contribution in [3.8, 4) is 11.8 Å². The Morgan fingerprint density at radius 1 is 0.816 bits per heavy atom. The second-order valence-electron chi connectivity index (χ2n) is 12.6. The number of anilines is 1. The van der Waals surface area contributed by atoms with Gasteiger partial charge in [-0.1, -0.05) is 18.9 Å². The van der Waals surface area contributed by atoms with Crippen LogP contribution in [0.5, 0.6) is 11.8 Å². The summed E-state index contributed by atoms with van der Waals surface area (Å²) in [6.45, 7) is 4.68. The molecular formula is C30H40FN3O4. The van der Waals surface area contributed by atoms with Gasteiger partial charge in [-0.3, -0.25) is 4.57 Å². The van der Waals surface area contributed by atoms with E-state index in [0.29, 0.717) is 42.0 Å². The van der Waals surface area contributed by atoms with Crippen LogP contribution in [-0.2, 0) is 13.0 Å². The molecule has 6 atom stereocenters. The zero-order valence-electron chi connectivity index (χ0n) is 22.0. The predicted molar refractivity (Wildman–Crippen MR) is 142 cm³/mol. The first-order valence-electron chi connectivity index (χ1n) is 14.7. The Morgan fingerprint density at radius 3 is 2.11 bits per heavy atom. The van der Waals surface area contributed by atoms with E-state index >= 15 is 0 Å². The Morgan fingerprint density at radius 2 is 1.45 bits per heavy atom. The smallest absolute Gasteiger partial charge is 0.197 e. The van der Waals surface area contributed by atoms with E-state index in [9.17, 15) is 24.8 Å². The highest BCUT2D eigenvalue weighted by Crippen LogP contribution is 2.60. The Labute approximate surface area is 223 Å². The largest absolute Gasteiger partial charge is 0.494 e. The highest BCUT2D eigenvalue weighted by Gasteiger charge is 2.54. The Balaban J connectivity index is 1.01. The summed E-state index contributed by atoms with van der Waals surface area (Å²) in [5.74, 6) is 0.310. The number of aromatic hydroxyl groups is 2. The van der Waals surface area contributed by atoms with Gasteiger partial charge in [-0.15, -0.1) is 0 Å². The van der Waals surface area contributed by atoms with Crippen LogP contribution in [0.4, 0.5) is 10.1 Å². The number of rotatable bonds is 5. The lowest BCUT2D eigenvalue weighted by Crippen LogP contribution is -2.46. The lowest BCUT2D eigenvalue weighted by Gasteiger charge is -2.41. The van der Waals surface area contributed by atoms with Crippen molar-refractivity contribution in [2.24, 2.45) is 11.8 Å². The van der Waals surface area contributed by atoms with E-state index < -0.39 is 12.2 Å². The molecule has 4 N–H and O–H groups in total. The molecule has 0 radical (unpaired) electrons. The lowest BCUT2D eigenvalue weighted by molar-refractivity contribution is 0.0211.